The van der Waals surface area contributed by atoms with Gasteiger partial charge in [0.25, 0.3) is 0 Å². The molecular formula is C7H7AlO2. The van der Waals surface area contributed by atoms with Gasteiger partial charge in [0.05, 0.1) is 0 Å². The molecule has 0 saturated carbocycles. The Hall–Kier alpha value is -0.778. The molecule has 0 unspecified atom stereocenters. The van der Waals surface area contributed by atoms with Crippen molar-refractivity contribution in [3.8, 4) is 5.75 Å². The second-order valence-corrected chi connectivity index (χ2v) is 2.72. The summed E-state index contributed by atoms with van der Waals surface area (Å²) in [5.41, 5.74) is 0. The van der Waals surface area contributed by atoms with E-state index >= 15 is 0 Å². The molecule has 0 bridgehead atoms. The van der Waals surface area contributed by atoms with Gasteiger partial charge in [-0.05, 0) is 12.1 Å². The Morgan fingerprint density at radius 1 is 1.30 bits per heavy atom. The molecule has 0 aromatic heterocycles. The third-order valence-corrected chi connectivity index (χ3v) is 1.21. The van der Waals surface area contributed by atoms with E-state index in [9.17, 15) is 4.79 Å². The lowest BCUT2D eigenvalue weighted by molar-refractivity contribution is 0.225. The van der Waals surface area contributed by atoms with Crippen LogP contribution in [0, 0.1) is 0 Å². The molecule has 0 aliphatic rings. The maximum atomic E-state index is 10.5. The number of carbonyl (C=O) groups is 1. The van der Waals surface area contributed by atoms with Crippen LogP contribution in [-0.2, 0) is 0 Å². The Morgan fingerprint density at radius 3 is 2.40 bits per heavy atom. The Balaban J connectivity index is 2.67. The summed E-state index contributed by atoms with van der Waals surface area (Å²) in [5, 5.41) is 0. The van der Waals surface area contributed by atoms with Gasteiger partial charge < -0.3 is 4.74 Å². The van der Waals surface area contributed by atoms with Crippen LogP contribution >= 0.6 is 0 Å². The summed E-state index contributed by atoms with van der Waals surface area (Å²) >= 11 is 0.443. The predicted octanol–water partition coefficient (Wildman–Crippen LogP) is 0.819. The molecule has 0 atom stereocenters. The minimum absolute atomic E-state index is 0.147. The van der Waals surface area contributed by atoms with Crippen LogP contribution in [0.4, 0.5) is 4.79 Å². The molecule has 0 radical (unpaired) electrons. The predicted molar refractivity (Wildman–Crippen MR) is 41.0 cm³/mol. The lowest BCUT2D eigenvalue weighted by Gasteiger charge is -1.98. The topological polar surface area (TPSA) is 26.3 Å². The largest absolute Gasteiger partial charge is 0.444 e. The fraction of sp³-hybridized carbons (Fsp3) is 0. The van der Waals surface area contributed by atoms with Crippen molar-refractivity contribution in [1.82, 2.24) is 0 Å². The third-order valence-electron chi connectivity index (χ3n) is 1.00. The number of hydrogen-bond acceptors (Lipinski definition) is 2. The summed E-state index contributed by atoms with van der Waals surface area (Å²) in [4.78, 5) is 10.3. The van der Waals surface area contributed by atoms with Gasteiger partial charge in [0.2, 0.25) is 0 Å². The Morgan fingerprint density at radius 2 is 1.90 bits per heavy atom. The van der Waals surface area contributed by atoms with Crippen LogP contribution in [0.15, 0.2) is 30.3 Å². The zero-order valence-corrected chi connectivity index (χ0v) is 7.70. The smallest absolute Gasteiger partial charge is 0.389 e. The molecule has 1 aromatic carbocycles. The van der Waals surface area contributed by atoms with Crippen molar-refractivity contribution in [1.29, 1.82) is 0 Å². The first-order chi connectivity index (χ1) is 4.79. The molecule has 0 aliphatic carbocycles. The van der Waals surface area contributed by atoms with E-state index in [-0.39, 0.29) is 4.83 Å². The average Bonchev–Trinajstić information content (AvgIpc) is 1.88. The highest BCUT2D eigenvalue weighted by molar-refractivity contribution is 6.55. The van der Waals surface area contributed by atoms with Crippen LogP contribution in [0.25, 0.3) is 0 Å². The molecule has 2 nitrogen and oxygen atoms in total. The van der Waals surface area contributed by atoms with Crippen molar-refractivity contribution in [3.05, 3.63) is 30.3 Å². The molecule has 0 aliphatic heterocycles. The molecule has 0 N–H and O–H groups in total. The lowest BCUT2D eigenvalue weighted by Crippen LogP contribution is -2.03. The number of hydrogen-bond donors (Lipinski definition) is 0. The van der Waals surface area contributed by atoms with Gasteiger partial charge in [-0.1, -0.05) is 18.2 Å². The molecule has 1 aromatic rings. The fourth-order valence-corrected chi connectivity index (χ4v) is 0.890. The van der Waals surface area contributed by atoms with Crippen LogP contribution in [0.3, 0.4) is 0 Å². The van der Waals surface area contributed by atoms with Crippen LogP contribution in [0.1, 0.15) is 0 Å². The molecule has 0 saturated heterocycles. The maximum Gasteiger partial charge on any atom is 0.389 e. The Kier molecular flexibility index (Phi) is 2.50. The summed E-state index contributed by atoms with van der Waals surface area (Å²) in [6.45, 7) is 0. The van der Waals surface area contributed by atoms with E-state index in [0.29, 0.717) is 22.0 Å². The molecule has 0 heterocycles. The molecule has 10 heavy (non-hydrogen) atoms. The molecule has 0 fully saturated rings. The van der Waals surface area contributed by atoms with E-state index < -0.39 is 0 Å². The molecule has 0 spiro atoms. The molecule has 3 heteroatoms. The maximum absolute atomic E-state index is 10.5. The van der Waals surface area contributed by atoms with Gasteiger partial charge in [0.15, 0.2) is 4.83 Å². The standard InChI is InChI=1S/C7H5O2.Al.2H/c8-6-9-7-4-2-1-3-5-7;;;/h1-5H;;;. The van der Waals surface area contributed by atoms with Crippen molar-refractivity contribution >= 4 is 21.1 Å². The second kappa shape index (κ2) is 3.41. The quantitative estimate of drug-likeness (QED) is 0.554. The van der Waals surface area contributed by atoms with Gasteiger partial charge in [-0.2, -0.15) is 0 Å². The van der Waals surface area contributed by atoms with Crippen molar-refractivity contribution in [2.75, 3.05) is 0 Å². The highest BCUT2D eigenvalue weighted by Gasteiger charge is 1.92. The van der Waals surface area contributed by atoms with Gasteiger partial charge in [0.1, 0.15) is 5.75 Å². The van der Waals surface area contributed by atoms with E-state index in [1.807, 2.05) is 18.2 Å². The monoisotopic (exact) mass is 150 g/mol. The zero-order chi connectivity index (χ0) is 7.40. The van der Waals surface area contributed by atoms with E-state index in [1.165, 1.54) is 0 Å². The normalized spacial score (nSPS) is 8.80. The summed E-state index contributed by atoms with van der Waals surface area (Å²) in [6, 6.07) is 9.07. The Bertz CT molecular complexity index is 220. The zero-order valence-electron chi connectivity index (χ0n) is 5.70. The van der Waals surface area contributed by atoms with Gasteiger partial charge in [-0.3, -0.25) is 4.79 Å². The average molecular weight is 150 g/mol. The molecule has 0 amide bonds. The van der Waals surface area contributed by atoms with Crippen LogP contribution in [0.5, 0.6) is 5.75 Å². The second-order valence-electron chi connectivity index (χ2n) is 1.91. The third kappa shape index (κ3) is 2.22. The minimum atomic E-state index is -0.147. The number of ether oxygens (including phenoxy) is 1. The number of benzene rings is 1. The van der Waals surface area contributed by atoms with E-state index in [2.05, 4.69) is 0 Å². The molecule has 50 valence electrons. The number of rotatable bonds is 1. The van der Waals surface area contributed by atoms with E-state index in [4.69, 9.17) is 4.74 Å². The van der Waals surface area contributed by atoms with Gasteiger partial charge in [-0.15, -0.1) is 0 Å². The first-order valence-corrected chi connectivity index (χ1v) is 4.02. The first-order valence-electron chi connectivity index (χ1n) is 3.02. The highest BCUT2D eigenvalue weighted by Crippen LogP contribution is 2.07. The fourth-order valence-electron chi connectivity index (χ4n) is 0.655. The molecule has 1 rings (SSSR count). The summed E-state index contributed by atoms with van der Waals surface area (Å²) in [7, 11) is 0. The number of para-hydroxylation sites is 1. The Labute approximate surface area is 67.2 Å². The highest BCUT2D eigenvalue weighted by atomic mass is 27.0. The first kappa shape index (κ1) is 7.33. The van der Waals surface area contributed by atoms with Gasteiger partial charge in [-0.25, -0.2) is 0 Å². The van der Waals surface area contributed by atoms with Crippen molar-refractivity contribution in [3.63, 3.8) is 0 Å². The lowest BCUT2D eigenvalue weighted by atomic mass is 10.3. The van der Waals surface area contributed by atoms with Gasteiger partial charge >= 0.3 is 16.3 Å². The van der Waals surface area contributed by atoms with E-state index in [1.54, 1.807) is 12.1 Å². The summed E-state index contributed by atoms with van der Waals surface area (Å²) in [6.07, 6.45) is 0. The van der Waals surface area contributed by atoms with Crippen LogP contribution in [-0.4, -0.2) is 21.1 Å². The SMILES string of the molecule is O=[C]([AlH2])Oc1ccccc1. The molecular weight excluding hydrogens is 143 g/mol. The minimum Gasteiger partial charge on any atom is -0.444 e. The van der Waals surface area contributed by atoms with Gasteiger partial charge in [0, 0.05) is 0 Å². The van der Waals surface area contributed by atoms with Crippen LogP contribution in [0.2, 0.25) is 0 Å². The van der Waals surface area contributed by atoms with Crippen molar-refractivity contribution in [2.24, 2.45) is 0 Å². The van der Waals surface area contributed by atoms with Crippen molar-refractivity contribution in [2.45, 2.75) is 0 Å². The van der Waals surface area contributed by atoms with Crippen LogP contribution < -0.4 is 4.74 Å². The van der Waals surface area contributed by atoms with Crippen molar-refractivity contribution < 1.29 is 9.53 Å². The summed E-state index contributed by atoms with van der Waals surface area (Å²) in [5.74, 6) is 0.627. The summed E-state index contributed by atoms with van der Waals surface area (Å²) < 4.78 is 4.84. The number of carbonyl (C=O) groups excluding carboxylic acids is 1. The van der Waals surface area contributed by atoms with E-state index in [0.717, 1.165) is 0 Å².